The molecule has 0 bridgehead atoms. The fraction of sp³-hybridized carbons (Fsp3) is 0.429. The normalized spacial score (nSPS) is 16.8. The number of nitrogens with zero attached hydrogens (tertiary/aromatic N) is 3. The third-order valence-electron chi connectivity index (χ3n) is 2.70. The molecule has 3 nitrogen and oxygen atoms in total. The molecular weight excluding hydrogens is 242 g/mol. The molecule has 1 heterocycles. The van der Waals surface area contributed by atoms with Crippen LogP contribution in [0.1, 0.15) is 19.4 Å². The second-order valence-corrected chi connectivity index (χ2v) is 6.06. The molecule has 0 atom stereocenters. The number of amidine groups is 1. The van der Waals surface area contributed by atoms with E-state index in [1.807, 2.05) is 6.21 Å². The quantitative estimate of drug-likeness (QED) is 0.835. The Balaban J connectivity index is 2.06. The Morgan fingerprint density at radius 2 is 1.94 bits per heavy atom. The van der Waals surface area contributed by atoms with Gasteiger partial charge in [0.1, 0.15) is 0 Å². The number of anilines is 1. The molecule has 0 saturated carbocycles. The maximum Gasteiger partial charge on any atom is 0.183 e. The summed E-state index contributed by atoms with van der Waals surface area (Å²) in [6.45, 7) is 4.13. The van der Waals surface area contributed by atoms with E-state index in [4.69, 9.17) is 0 Å². The summed E-state index contributed by atoms with van der Waals surface area (Å²) in [6.07, 6.45) is 1.91. The first kappa shape index (κ1) is 13.1. The van der Waals surface area contributed by atoms with E-state index < -0.39 is 0 Å². The number of para-hydroxylation sites is 1. The van der Waals surface area contributed by atoms with E-state index in [1.165, 1.54) is 11.3 Å². The fourth-order valence-corrected chi connectivity index (χ4v) is 2.75. The van der Waals surface area contributed by atoms with Gasteiger partial charge >= 0.3 is 0 Å². The number of benzene rings is 1. The van der Waals surface area contributed by atoms with Crippen molar-refractivity contribution in [1.82, 2.24) is 0 Å². The molecule has 0 radical (unpaired) electrons. The lowest BCUT2D eigenvalue weighted by Crippen LogP contribution is -2.14. The summed E-state index contributed by atoms with van der Waals surface area (Å²) in [5.41, 5.74) is 2.44. The summed E-state index contributed by atoms with van der Waals surface area (Å²) < 4.78 is 0. The minimum Gasteiger partial charge on any atom is -0.377 e. The molecular formula is C14H19N3S. The number of hydrogen-bond acceptors (Lipinski definition) is 4. The van der Waals surface area contributed by atoms with E-state index in [0.717, 1.165) is 10.9 Å². The molecule has 2 rings (SSSR count). The first-order valence-electron chi connectivity index (χ1n) is 6.01. The Hall–Kier alpha value is -1.29. The number of rotatable bonds is 3. The lowest BCUT2D eigenvalue weighted by atomic mass is 10.1. The monoisotopic (exact) mass is 261 g/mol. The Labute approximate surface area is 113 Å². The molecule has 1 aromatic carbocycles. The van der Waals surface area contributed by atoms with Crippen LogP contribution in [0.25, 0.3) is 0 Å². The standard InChI is InChI=1S/C14H19N3S/c1-14(2)10-15-13(16-14)18-9-11-7-5-6-8-12(11)17(3)4/h5-8,10H,9H2,1-4H3. The highest BCUT2D eigenvalue weighted by Gasteiger charge is 2.20. The van der Waals surface area contributed by atoms with E-state index in [-0.39, 0.29) is 5.54 Å². The van der Waals surface area contributed by atoms with Crippen molar-refractivity contribution >= 4 is 28.8 Å². The smallest absolute Gasteiger partial charge is 0.183 e. The lowest BCUT2D eigenvalue weighted by molar-refractivity contribution is 0.732. The summed E-state index contributed by atoms with van der Waals surface area (Å²) >= 11 is 1.70. The van der Waals surface area contributed by atoms with Crippen molar-refractivity contribution in [1.29, 1.82) is 0 Å². The number of aliphatic imine (C=N–C) groups is 2. The van der Waals surface area contributed by atoms with Gasteiger partial charge in [0.2, 0.25) is 0 Å². The molecule has 0 amide bonds. The van der Waals surface area contributed by atoms with Gasteiger partial charge in [0.25, 0.3) is 0 Å². The van der Waals surface area contributed by atoms with Gasteiger partial charge < -0.3 is 4.90 Å². The van der Waals surface area contributed by atoms with Crippen molar-refractivity contribution in [2.24, 2.45) is 9.98 Å². The fourth-order valence-electron chi connectivity index (χ4n) is 1.80. The van der Waals surface area contributed by atoms with Gasteiger partial charge in [-0.05, 0) is 25.5 Å². The first-order valence-corrected chi connectivity index (χ1v) is 7.00. The summed E-state index contributed by atoms with van der Waals surface area (Å²) in [4.78, 5) is 11.0. The molecule has 0 aromatic heterocycles. The Kier molecular flexibility index (Phi) is 3.76. The summed E-state index contributed by atoms with van der Waals surface area (Å²) in [7, 11) is 4.13. The molecule has 0 fully saturated rings. The summed E-state index contributed by atoms with van der Waals surface area (Å²) in [6, 6.07) is 8.44. The van der Waals surface area contributed by atoms with Crippen molar-refractivity contribution in [2.45, 2.75) is 25.1 Å². The van der Waals surface area contributed by atoms with Gasteiger partial charge in [0.05, 0.1) is 5.54 Å². The Morgan fingerprint density at radius 1 is 1.22 bits per heavy atom. The van der Waals surface area contributed by atoms with Crippen molar-refractivity contribution < 1.29 is 0 Å². The van der Waals surface area contributed by atoms with Crippen molar-refractivity contribution in [3.63, 3.8) is 0 Å². The highest BCUT2D eigenvalue weighted by atomic mass is 32.2. The van der Waals surface area contributed by atoms with Crippen molar-refractivity contribution in [3.8, 4) is 0 Å². The van der Waals surface area contributed by atoms with E-state index in [2.05, 4.69) is 67.1 Å². The van der Waals surface area contributed by atoms with Gasteiger partial charge in [-0.1, -0.05) is 30.0 Å². The molecule has 1 aliphatic heterocycles. The molecule has 4 heteroatoms. The van der Waals surface area contributed by atoms with Crippen LogP contribution in [-0.2, 0) is 5.75 Å². The van der Waals surface area contributed by atoms with E-state index >= 15 is 0 Å². The van der Waals surface area contributed by atoms with E-state index in [1.54, 1.807) is 11.8 Å². The van der Waals surface area contributed by atoms with Gasteiger partial charge in [0.15, 0.2) is 5.17 Å². The van der Waals surface area contributed by atoms with Crippen LogP contribution in [0.3, 0.4) is 0 Å². The first-order chi connectivity index (χ1) is 8.48. The van der Waals surface area contributed by atoms with Crippen molar-refractivity contribution in [3.05, 3.63) is 29.8 Å². The van der Waals surface area contributed by atoms with Crippen LogP contribution in [0.4, 0.5) is 5.69 Å². The lowest BCUT2D eigenvalue weighted by Gasteiger charge is -2.16. The number of hydrogen-bond donors (Lipinski definition) is 0. The maximum absolute atomic E-state index is 4.55. The number of thioether (sulfide) groups is 1. The summed E-state index contributed by atoms with van der Waals surface area (Å²) in [5.74, 6) is 0.903. The molecule has 1 aromatic rings. The van der Waals surface area contributed by atoms with Gasteiger partial charge in [-0.15, -0.1) is 0 Å². The van der Waals surface area contributed by atoms with Crippen LogP contribution < -0.4 is 4.90 Å². The third-order valence-corrected chi connectivity index (χ3v) is 3.62. The second-order valence-electron chi connectivity index (χ2n) is 5.12. The molecule has 0 unspecified atom stereocenters. The predicted molar refractivity (Wildman–Crippen MR) is 82.1 cm³/mol. The largest absolute Gasteiger partial charge is 0.377 e. The van der Waals surface area contributed by atoms with Crippen LogP contribution in [-0.4, -0.2) is 31.0 Å². The highest BCUT2D eigenvalue weighted by molar-refractivity contribution is 8.13. The average molecular weight is 261 g/mol. The van der Waals surface area contributed by atoms with E-state index in [9.17, 15) is 0 Å². The second kappa shape index (κ2) is 5.14. The average Bonchev–Trinajstić information content (AvgIpc) is 2.66. The minimum atomic E-state index is -0.136. The van der Waals surface area contributed by atoms with Gasteiger partial charge in [-0.2, -0.15) is 0 Å². The highest BCUT2D eigenvalue weighted by Crippen LogP contribution is 2.26. The Morgan fingerprint density at radius 3 is 2.56 bits per heavy atom. The zero-order valence-electron chi connectivity index (χ0n) is 11.3. The topological polar surface area (TPSA) is 28.0 Å². The predicted octanol–water partition coefficient (Wildman–Crippen LogP) is 3.20. The molecule has 0 N–H and O–H groups in total. The molecule has 96 valence electrons. The van der Waals surface area contributed by atoms with E-state index in [0.29, 0.717) is 0 Å². The zero-order chi connectivity index (χ0) is 13.2. The van der Waals surface area contributed by atoms with Crippen LogP contribution in [0.2, 0.25) is 0 Å². The summed E-state index contributed by atoms with van der Waals surface area (Å²) in [5, 5.41) is 0.883. The van der Waals surface area contributed by atoms with Gasteiger partial charge in [0, 0.05) is 31.8 Å². The van der Waals surface area contributed by atoms with Gasteiger partial charge in [-0.25, -0.2) is 9.98 Å². The molecule has 18 heavy (non-hydrogen) atoms. The third kappa shape index (κ3) is 3.13. The van der Waals surface area contributed by atoms with Crippen molar-refractivity contribution in [2.75, 3.05) is 19.0 Å². The van der Waals surface area contributed by atoms with Crippen LogP contribution >= 0.6 is 11.8 Å². The molecule has 1 aliphatic rings. The molecule has 0 spiro atoms. The molecule has 0 aliphatic carbocycles. The van der Waals surface area contributed by atoms with Crippen LogP contribution in [0, 0.1) is 0 Å². The van der Waals surface area contributed by atoms with Crippen LogP contribution in [0.5, 0.6) is 0 Å². The maximum atomic E-state index is 4.55. The Bertz CT molecular complexity index is 490. The molecule has 0 saturated heterocycles. The SMILES string of the molecule is CN(C)c1ccccc1CSC1=NC(C)(C)C=N1. The van der Waals surface area contributed by atoms with Crippen LogP contribution in [0.15, 0.2) is 34.3 Å². The van der Waals surface area contributed by atoms with Gasteiger partial charge in [-0.3, -0.25) is 0 Å². The zero-order valence-corrected chi connectivity index (χ0v) is 12.2. The minimum absolute atomic E-state index is 0.136.